The van der Waals surface area contributed by atoms with Gasteiger partial charge >= 0.3 is 5.97 Å². The zero-order valence-electron chi connectivity index (χ0n) is 9.26. The van der Waals surface area contributed by atoms with Crippen LogP contribution in [-0.2, 0) is 9.59 Å². The maximum atomic E-state index is 11.6. The first kappa shape index (κ1) is 12.9. The standard InChI is InChI=1S/C12H18O4/c13-7-3-1-2-4-10-9(8-12(15)16)5-6-11(10)14/h1-2,9-10,13H,3-8H2,(H,15,16)/b2-1+/t9-,10-/m1/s1. The summed E-state index contributed by atoms with van der Waals surface area (Å²) in [7, 11) is 0. The molecule has 16 heavy (non-hydrogen) atoms. The quantitative estimate of drug-likeness (QED) is 0.671. The molecule has 0 aromatic heterocycles. The highest BCUT2D eigenvalue weighted by Crippen LogP contribution is 2.33. The minimum absolute atomic E-state index is 0.0104. The number of hydrogen-bond acceptors (Lipinski definition) is 3. The van der Waals surface area contributed by atoms with Gasteiger partial charge in [0, 0.05) is 25.4 Å². The molecule has 0 saturated heterocycles. The molecular weight excluding hydrogens is 208 g/mol. The first-order valence-electron chi connectivity index (χ1n) is 5.65. The van der Waals surface area contributed by atoms with Crippen LogP contribution in [0, 0.1) is 11.8 Å². The highest BCUT2D eigenvalue weighted by atomic mass is 16.4. The Morgan fingerprint density at radius 2 is 2.19 bits per heavy atom. The van der Waals surface area contributed by atoms with Crippen molar-refractivity contribution < 1.29 is 19.8 Å². The minimum atomic E-state index is -0.830. The maximum Gasteiger partial charge on any atom is 0.303 e. The summed E-state index contributed by atoms with van der Waals surface area (Å²) in [5.41, 5.74) is 0. The van der Waals surface area contributed by atoms with Gasteiger partial charge < -0.3 is 10.2 Å². The zero-order chi connectivity index (χ0) is 12.0. The van der Waals surface area contributed by atoms with Gasteiger partial charge in [-0.05, 0) is 25.2 Å². The van der Waals surface area contributed by atoms with E-state index in [9.17, 15) is 9.59 Å². The monoisotopic (exact) mass is 226 g/mol. The summed E-state index contributed by atoms with van der Waals surface area (Å²) in [5.74, 6) is -0.793. The summed E-state index contributed by atoms with van der Waals surface area (Å²) in [6.45, 7) is 0.105. The lowest BCUT2D eigenvalue weighted by Crippen LogP contribution is -2.17. The second-order valence-corrected chi connectivity index (χ2v) is 4.19. The van der Waals surface area contributed by atoms with Gasteiger partial charge in [0.2, 0.25) is 0 Å². The Bertz CT molecular complexity index is 283. The van der Waals surface area contributed by atoms with Crippen LogP contribution in [0.15, 0.2) is 12.2 Å². The molecular formula is C12H18O4. The van der Waals surface area contributed by atoms with Gasteiger partial charge in [-0.2, -0.15) is 0 Å². The Morgan fingerprint density at radius 3 is 2.81 bits per heavy atom. The molecule has 90 valence electrons. The molecule has 0 unspecified atom stereocenters. The number of ketones is 1. The largest absolute Gasteiger partial charge is 0.481 e. The summed E-state index contributed by atoms with van der Waals surface area (Å²) in [6.07, 6.45) is 6.20. The van der Waals surface area contributed by atoms with E-state index in [0.717, 1.165) is 0 Å². The molecule has 0 heterocycles. The van der Waals surface area contributed by atoms with E-state index in [1.807, 2.05) is 12.2 Å². The Kier molecular flexibility index (Phi) is 5.19. The summed E-state index contributed by atoms with van der Waals surface area (Å²) < 4.78 is 0. The van der Waals surface area contributed by atoms with Crippen LogP contribution in [0.3, 0.4) is 0 Å². The van der Waals surface area contributed by atoms with Gasteiger partial charge in [-0.25, -0.2) is 0 Å². The lowest BCUT2D eigenvalue weighted by molar-refractivity contribution is -0.138. The van der Waals surface area contributed by atoms with Gasteiger partial charge in [0.05, 0.1) is 0 Å². The van der Waals surface area contributed by atoms with E-state index in [-0.39, 0.29) is 30.6 Å². The summed E-state index contributed by atoms with van der Waals surface area (Å²) in [6, 6.07) is 0. The lowest BCUT2D eigenvalue weighted by Gasteiger charge is -2.14. The molecule has 0 amide bonds. The van der Waals surface area contributed by atoms with Crippen LogP contribution in [0.5, 0.6) is 0 Å². The molecule has 0 spiro atoms. The highest BCUT2D eigenvalue weighted by Gasteiger charge is 2.34. The van der Waals surface area contributed by atoms with Crippen molar-refractivity contribution in [2.24, 2.45) is 11.8 Å². The van der Waals surface area contributed by atoms with E-state index in [0.29, 0.717) is 25.7 Å². The van der Waals surface area contributed by atoms with E-state index in [2.05, 4.69) is 0 Å². The van der Waals surface area contributed by atoms with Crippen LogP contribution < -0.4 is 0 Å². The number of aliphatic carboxylic acids is 1. The van der Waals surface area contributed by atoms with Crippen molar-refractivity contribution in [3.8, 4) is 0 Å². The van der Waals surface area contributed by atoms with Gasteiger partial charge in [0.1, 0.15) is 5.78 Å². The number of rotatable bonds is 6. The van der Waals surface area contributed by atoms with E-state index in [1.165, 1.54) is 0 Å². The molecule has 0 aromatic rings. The van der Waals surface area contributed by atoms with Gasteiger partial charge in [-0.1, -0.05) is 12.2 Å². The van der Waals surface area contributed by atoms with E-state index >= 15 is 0 Å². The van der Waals surface area contributed by atoms with Crippen molar-refractivity contribution in [1.82, 2.24) is 0 Å². The number of carboxylic acids is 1. The summed E-state index contributed by atoms with van der Waals surface area (Å²) >= 11 is 0. The van der Waals surface area contributed by atoms with Gasteiger partial charge in [0.15, 0.2) is 0 Å². The fourth-order valence-corrected chi connectivity index (χ4v) is 2.20. The van der Waals surface area contributed by atoms with Crippen molar-refractivity contribution >= 4 is 11.8 Å². The second kappa shape index (κ2) is 6.43. The van der Waals surface area contributed by atoms with E-state index < -0.39 is 5.97 Å². The third-order valence-electron chi connectivity index (χ3n) is 3.03. The molecule has 2 N–H and O–H groups in total. The second-order valence-electron chi connectivity index (χ2n) is 4.19. The molecule has 1 rings (SSSR count). The Hall–Kier alpha value is -1.16. The normalized spacial score (nSPS) is 25.4. The first-order valence-corrected chi connectivity index (χ1v) is 5.65. The first-order chi connectivity index (χ1) is 7.65. The van der Waals surface area contributed by atoms with Gasteiger partial charge in [-0.3, -0.25) is 9.59 Å². The van der Waals surface area contributed by atoms with Crippen LogP contribution >= 0.6 is 0 Å². The number of carbonyl (C=O) groups excluding carboxylic acids is 1. The SMILES string of the molecule is O=C(O)C[C@H]1CCC(=O)[C@@H]1C/C=C/CCO. The molecule has 4 nitrogen and oxygen atoms in total. The summed E-state index contributed by atoms with van der Waals surface area (Å²) in [4.78, 5) is 22.2. The van der Waals surface area contributed by atoms with E-state index in [1.54, 1.807) is 0 Å². The van der Waals surface area contributed by atoms with Crippen molar-refractivity contribution in [2.75, 3.05) is 6.61 Å². The van der Waals surface area contributed by atoms with Crippen molar-refractivity contribution in [2.45, 2.75) is 32.1 Å². The molecule has 0 aromatic carbocycles. The molecule has 2 atom stereocenters. The van der Waals surface area contributed by atoms with Crippen molar-refractivity contribution in [3.05, 3.63) is 12.2 Å². The zero-order valence-corrected chi connectivity index (χ0v) is 9.26. The molecule has 1 aliphatic carbocycles. The number of aliphatic hydroxyl groups is 1. The van der Waals surface area contributed by atoms with Gasteiger partial charge in [-0.15, -0.1) is 0 Å². The third kappa shape index (κ3) is 3.77. The van der Waals surface area contributed by atoms with Gasteiger partial charge in [0.25, 0.3) is 0 Å². The molecule has 1 fully saturated rings. The number of aliphatic hydroxyl groups excluding tert-OH is 1. The molecule has 1 saturated carbocycles. The Morgan fingerprint density at radius 1 is 1.44 bits per heavy atom. The fourth-order valence-electron chi connectivity index (χ4n) is 2.20. The van der Waals surface area contributed by atoms with E-state index in [4.69, 9.17) is 10.2 Å². The van der Waals surface area contributed by atoms with Crippen molar-refractivity contribution in [1.29, 1.82) is 0 Å². The number of allylic oxidation sites excluding steroid dienone is 1. The minimum Gasteiger partial charge on any atom is -0.481 e. The average Bonchev–Trinajstić information content (AvgIpc) is 2.55. The maximum absolute atomic E-state index is 11.6. The topological polar surface area (TPSA) is 74.6 Å². The van der Waals surface area contributed by atoms with Crippen LogP contribution in [-0.4, -0.2) is 28.6 Å². The molecule has 4 heteroatoms. The molecule has 0 radical (unpaired) electrons. The highest BCUT2D eigenvalue weighted by molar-refractivity contribution is 5.84. The average molecular weight is 226 g/mol. The number of hydrogen-bond donors (Lipinski definition) is 2. The van der Waals surface area contributed by atoms with Crippen LogP contribution in [0.1, 0.15) is 32.1 Å². The third-order valence-corrected chi connectivity index (χ3v) is 3.03. The number of Topliss-reactive ketones (excluding diaryl/α,β-unsaturated/α-hetero) is 1. The van der Waals surface area contributed by atoms with Crippen molar-refractivity contribution in [3.63, 3.8) is 0 Å². The molecule has 1 aliphatic rings. The molecule has 0 bridgehead atoms. The lowest BCUT2D eigenvalue weighted by atomic mass is 9.89. The fraction of sp³-hybridized carbons (Fsp3) is 0.667. The summed E-state index contributed by atoms with van der Waals surface area (Å²) in [5, 5.41) is 17.3. The predicted molar refractivity (Wildman–Crippen MR) is 58.9 cm³/mol. The number of carbonyl (C=O) groups is 2. The number of carboxylic acid groups (broad SMARTS) is 1. The van der Waals surface area contributed by atoms with Crippen LogP contribution in [0.4, 0.5) is 0 Å². The smallest absolute Gasteiger partial charge is 0.303 e. The predicted octanol–water partition coefficient (Wildman–Crippen LogP) is 1.39. The Balaban J connectivity index is 2.46. The Labute approximate surface area is 95.0 Å². The van der Waals surface area contributed by atoms with Crippen LogP contribution in [0.2, 0.25) is 0 Å². The molecule has 0 aliphatic heterocycles. The van der Waals surface area contributed by atoms with Crippen LogP contribution in [0.25, 0.3) is 0 Å².